The molecule has 0 atom stereocenters. The SMILES string of the molecule is O=C(Cc1cccc(F)c1)NCCCN1CCCC1=O. The zero-order valence-corrected chi connectivity index (χ0v) is 11.4. The van der Waals surface area contributed by atoms with Crippen molar-refractivity contribution in [2.24, 2.45) is 0 Å². The molecule has 0 aromatic heterocycles. The van der Waals surface area contributed by atoms with Crippen LogP contribution in [0.2, 0.25) is 0 Å². The Morgan fingerprint density at radius 3 is 2.95 bits per heavy atom. The minimum Gasteiger partial charge on any atom is -0.356 e. The first-order valence-electron chi connectivity index (χ1n) is 6.94. The van der Waals surface area contributed by atoms with Crippen LogP contribution in [-0.2, 0) is 16.0 Å². The van der Waals surface area contributed by atoms with Gasteiger partial charge in [-0.2, -0.15) is 0 Å². The molecule has 0 aliphatic carbocycles. The van der Waals surface area contributed by atoms with Crippen molar-refractivity contribution < 1.29 is 14.0 Å². The summed E-state index contributed by atoms with van der Waals surface area (Å²) in [5, 5.41) is 2.79. The maximum atomic E-state index is 13.0. The van der Waals surface area contributed by atoms with Crippen molar-refractivity contribution in [3.63, 3.8) is 0 Å². The first-order chi connectivity index (χ1) is 9.65. The smallest absolute Gasteiger partial charge is 0.224 e. The fourth-order valence-corrected chi connectivity index (χ4v) is 2.33. The Bertz CT molecular complexity index is 491. The van der Waals surface area contributed by atoms with Gasteiger partial charge >= 0.3 is 0 Å². The Balaban J connectivity index is 1.64. The molecule has 4 nitrogen and oxygen atoms in total. The standard InChI is InChI=1S/C15H19FN2O2/c16-13-5-1-4-12(10-13)11-14(19)17-7-3-9-18-8-2-6-15(18)20/h1,4-5,10H,2-3,6-9,11H2,(H,17,19). The fraction of sp³-hybridized carbons (Fsp3) is 0.467. The summed E-state index contributed by atoms with van der Waals surface area (Å²) < 4.78 is 13.0. The fourth-order valence-electron chi connectivity index (χ4n) is 2.33. The Labute approximate surface area is 118 Å². The number of hydrogen-bond donors (Lipinski definition) is 1. The third-order valence-corrected chi connectivity index (χ3v) is 3.35. The maximum Gasteiger partial charge on any atom is 0.224 e. The highest BCUT2D eigenvalue weighted by atomic mass is 19.1. The van der Waals surface area contributed by atoms with Crippen molar-refractivity contribution in [1.29, 1.82) is 0 Å². The van der Waals surface area contributed by atoms with Gasteiger partial charge in [-0.15, -0.1) is 0 Å². The van der Waals surface area contributed by atoms with Crippen molar-refractivity contribution in [2.45, 2.75) is 25.7 Å². The van der Waals surface area contributed by atoms with E-state index in [4.69, 9.17) is 0 Å². The Kier molecular flexibility index (Phi) is 5.09. The average molecular weight is 278 g/mol. The summed E-state index contributed by atoms with van der Waals surface area (Å²) in [7, 11) is 0. The van der Waals surface area contributed by atoms with Gasteiger partial charge in [-0.05, 0) is 30.5 Å². The average Bonchev–Trinajstić information content (AvgIpc) is 2.80. The molecule has 5 heteroatoms. The predicted molar refractivity (Wildman–Crippen MR) is 73.5 cm³/mol. The zero-order valence-electron chi connectivity index (χ0n) is 11.4. The lowest BCUT2D eigenvalue weighted by Gasteiger charge is -2.15. The second-order valence-electron chi connectivity index (χ2n) is 4.99. The van der Waals surface area contributed by atoms with Gasteiger partial charge < -0.3 is 10.2 Å². The Hall–Kier alpha value is -1.91. The van der Waals surface area contributed by atoms with Crippen molar-refractivity contribution in [3.8, 4) is 0 Å². The largest absolute Gasteiger partial charge is 0.356 e. The molecule has 0 bridgehead atoms. The summed E-state index contributed by atoms with van der Waals surface area (Å²) in [6.45, 7) is 2.06. The molecule has 0 spiro atoms. The molecule has 2 rings (SSSR count). The highest BCUT2D eigenvalue weighted by Gasteiger charge is 2.18. The summed E-state index contributed by atoms with van der Waals surface area (Å²) in [5.74, 6) is -0.248. The van der Waals surface area contributed by atoms with E-state index in [0.29, 0.717) is 25.1 Å². The second-order valence-corrected chi connectivity index (χ2v) is 4.99. The molecule has 1 aromatic carbocycles. The van der Waals surface area contributed by atoms with E-state index in [9.17, 15) is 14.0 Å². The van der Waals surface area contributed by atoms with Crippen LogP contribution in [0, 0.1) is 5.82 Å². The Morgan fingerprint density at radius 2 is 2.25 bits per heavy atom. The van der Waals surface area contributed by atoms with E-state index in [1.807, 2.05) is 4.90 Å². The maximum absolute atomic E-state index is 13.0. The van der Waals surface area contributed by atoms with Crippen LogP contribution in [0.15, 0.2) is 24.3 Å². The zero-order chi connectivity index (χ0) is 14.4. The van der Waals surface area contributed by atoms with E-state index in [0.717, 1.165) is 19.4 Å². The quantitative estimate of drug-likeness (QED) is 0.802. The molecular weight excluding hydrogens is 259 g/mol. The third kappa shape index (κ3) is 4.33. The number of halogens is 1. The topological polar surface area (TPSA) is 49.4 Å². The minimum absolute atomic E-state index is 0.122. The predicted octanol–water partition coefficient (Wildman–Crippen LogP) is 1.50. The molecular formula is C15H19FN2O2. The van der Waals surface area contributed by atoms with Gasteiger partial charge in [-0.3, -0.25) is 9.59 Å². The van der Waals surface area contributed by atoms with Crippen LogP contribution in [0.3, 0.4) is 0 Å². The number of hydrogen-bond acceptors (Lipinski definition) is 2. The van der Waals surface area contributed by atoms with Gasteiger partial charge in [0.25, 0.3) is 0 Å². The number of nitrogens with zero attached hydrogens (tertiary/aromatic N) is 1. The molecule has 1 N–H and O–H groups in total. The molecule has 0 saturated carbocycles. The van der Waals surface area contributed by atoms with Gasteiger partial charge in [0.05, 0.1) is 6.42 Å². The van der Waals surface area contributed by atoms with Crippen molar-refractivity contribution in [3.05, 3.63) is 35.6 Å². The number of carbonyl (C=O) groups excluding carboxylic acids is 2. The van der Waals surface area contributed by atoms with Crippen LogP contribution in [0.25, 0.3) is 0 Å². The normalized spacial score (nSPS) is 14.7. The van der Waals surface area contributed by atoms with Gasteiger partial charge in [0.1, 0.15) is 5.82 Å². The first-order valence-corrected chi connectivity index (χ1v) is 6.94. The van der Waals surface area contributed by atoms with Gasteiger partial charge in [0.2, 0.25) is 11.8 Å². The molecule has 0 radical (unpaired) electrons. The summed E-state index contributed by atoms with van der Waals surface area (Å²) in [6.07, 6.45) is 2.51. The second kappa shape index (κ2) is 7.03. The van der Waals surface area contributed by atoms with E-state index < -0.39 is 0 Å². The van der Waals surface area contributed by atoms with Gasteiger partial charge in [0, 0.05) is 26.1 Å². The van der Waals surface area contributed by atoms with Gasteiger partial charge in [-0.1, -0.05) is 12.1 Å². The molecule has 1 aromatic rings. The summed E-state index contributed by atoms with van der Waals surface area (Å²) in [5.41, 5.74) is 0.664. The molecule has 1 aliphatic heterocycles. The lowest BCUT2D eigenvalue weighted by molar-refractivity contribution is -0.127. The molecule has 20 heavy (non-hydrogen) atoms. The first kappa shape index (κ1) is 14.5. The van der Waals surface area contributed by atoms with Crippen LogP contribution in [0.5, 0.6) is 0 Å². The number of nitrogens with one attached hydrogen (secondary N) is 1. The van der Waals surface area contributed by atoms with E-state index in [2.05, 4.69) is 5.32 Å². The summed E-state index contributed by atoms with van der Waals surface area (Å²) >= 11 is 0. The highest BCUT2D eigenvalue weighted by Crippen LogP contribution is 2.09. The van der Waals surface area contributed by atoms with Crippen molar-refractivity contribution in [1.82, 2.24) is 10.2 Å². The minimum atomic E-state index is -0.331. The van der Waals surface area contributed by atoms with Crippen LogP contribution in [0.4, 0.5) is 4.39 Å². The summed E-state index contributed by atoms with van der Waals surface area (Å²) in [4.78, 5) is 24.9. The van der Waals surface area contributed by atoms with Crippen LogP contribution < -0.4 is 5.32 Å². The van der Waals surface area contributed by atoms with Crippen molar-refractivity contribution >= 4 is 11.8 Å². The van der Waals surface area contributed by atoms with E-state index >= 15 is 0 Å². The van der Waals surface area contributed by atoms with Crippen LogP contribution >= 0.6 is 0 Å². The molecule has 2 amide bonds. The molecule has 1 saturated heterocycles. The highest BCUT2D eigenvalue weighted by molar-refractivity contribution is 5.78. The molecule has 108 valence electrons. The lowest BCUT2D eigenvalue weighted by atomic mass is 10.1. The third-order valence-electron chi connectivity index (χ3n) is 3.35. The number of carbonyl (C=O) groups is 2. The van der Waals surface area contributed by atoms with Crippen LogP contribution in [0.1, 0.15) is 24.8 Å². The number of likely N-dealkylation sites (tertiary alicyclic amines) is 1. The molecule has 1 heterocycles. The molecule has 1 aliphatic rings. The van der Waals surface area contributed by atoms with Gasteiger partial charge in [-0.25, -0.2) is 4.39 Å². The number of rotatable bonds is 6. The summed E-state index contributed by atoms with van der Waals surface area (Å²) in [6, 6.07) is 6.04. The van der Waals surface area contributed by atoms with Gasteiger partial charge in [0.15, 0.2) is 0 Å². The van der Waals surface area contributed by atoms with E-state index in [1.54, 1.807) is 12.1 Å². The van der Waals surface area contributed by atoms with Crippen molar-refractivity contribution in [2.75, 3.05) is 19.6 Å². The number of benzene rings is 1. The van der Waals surface area contributed by atoms with E-state index in [1.165, 1.54) is 12.1 Å². The van der Waals surface area contributed by atoms with E-state index in [-0.39, 0.29) is 24.1 Å². The van der Waals surface area contributed by atoms with Crippen LogP contribution in [-0.4, -0.2) is 36.3 Å². The monoisotopic (exact) mass is 278 g/mol. The Morgan fingerprint density at radius 1 is 1.40 bits per heavy atom. The molecule has 0 unspecified atom stereocenters. The number of amides is 2. The lowest BCUT2D eigenvalue weighted by Crippen LogP contribution is -2.31. The molecule has 1 fully saturated rings.